The van der Waals surface area contributed by atoms with Crippen molar-refractivity contribution in [2.75, 3.05) is 13.2 Å². The molecule has 0 saturated heterocycles. The van der Waals surface area contributed by atoms with E-state index >= 15 is 0 Å². The second kappa shape index (κ2) is 10.9. The van der Waals surface area contributed by atoms with E-state index in [2.05, 4.69) is 31.5 Å². The molecule has 2 N–H and O–H groups in total. The molecule has 0 bridgehead atoms. The Bertz CT molecular complexity index is 356. The lowest BCUT2D eigenvalue weighted by Gasteiger charge is -2.15. The third kappa shape index (κ3) is 7.28. The molecule has 0 saturated carbocycles. The summed E-state index contributed by atoms with van der Waals surface area (Å²) in [6, 6.07) is 0. The molecule has 2 nitrogen and oxygen atoms in total. The van der Waals surface area contributed by atoms with Gasteiger partial charge in [-0.05, 0) is 31.2 Å². The summed E-state index contributed by atoms with van der Waals surface area (Å²) in [5, 5.41) is 14.3. The van der Waals surface area contributed by atoms with Crippen LogP contribution in [0.4, 0.5) is 0 Å². The molecule has 0 atom stereocenters. The lowest BCUT2D eigenvalue weighted by atomic mass is 10.0. The van der Waals surface area contributed by atoms with Crippen molar-refractivity contribution < 1.29 is 5.11 Å². The number of hydrogen-bond donors (Lipinski definition) is 2. The van der Waals surface area contributed by atoms with Crippen molar-refractivity contribution in [3.8, 4) is 0 Å². The molecule has 0 aliphatic carbocycles. The third-order valence-electron chi connectivity index (χ3n) is 2.88. The number of aliphatic hydroxyl groups excluding tert-OH is 1. The first kappa shape index (κ1) is 18.1. The average Bonchev–Trinajstić information content (AvgIpc) is 2.39. The summed E-state index contributed by atoms with van der Waals surface area (Å²) in [7, 11) is 0. The van der Waals surface area contributed by atoms with Gasteiger partial charge in [-0.25, -0.2) is 0 Å². The minimum absolute atomic E-state index is 0.161. The van der Waals surface area contributed by atoms with Crippen LogP contribution in [0.5, 0.6) is 0 Å². The Hall–Kier alpha value is -0.930. The van der Waals surface area contributed by atoms with Crippen molar-refractivity contribution >= 4 is 11.8 Å². The third-order valence-corrected chi connectivity index (χ3v) is 3.84. The van der Waals surface area contributed by atoms with Crippen LogP contribution < -0.4 is 5.32 Å². The van der Waals surface area contributed by atoms with Crippen molar-refractivity contribution in [3.63, 3.8) is 0 Å². The van der Waals surface area contributed by atoms with Crippen molar-refractivity contribution in [2.45, 2.75) is 40.0 Å². The monoisotopic (exact) mass is 281 g/mol. The fourth-order valence-corrected chi connectivity index (χ4v) is 2.42. The van der Waals surface area contributed by atoms with E-state index in [9.17, 15) is 0 Å². The highest BCUT2D eigenvalue weighted by atomic mass is 32.2. The normalized spacial score (nSPS) is 12.9. The van der Waals surface area contributed by atoms with Crippen LogP contribution in [0.25, 0.3) is 0 Å². The van der Waals surface area contributed by atoms with Gasteiger partial charge in [-0.2, -0.15) is 0 Å². The standard InChI is InChI=1S/C16H27NOS/c1-6-9-13(4)15(7-2)12-17-14(5)16(10-11-18)19-8-3/h7-8,17-18H,3-4,6,9-12H2,1-2,5H3/b15-7-,16-14-. The van der Waals surface area contributed by atoms with Crippen LogP contribution in [0.3, 0.4) is 0 Å². The van der Waals surface area contributed by atoms with Crippen LogP contribution >= 0.6 is 11.8 Å². The van der Waals surface area contributed by atoms with Gasteiger partial charge in [0.1, 0.15) is 0 Å². The molecule has 0 unspecified atom stereocenters. The van der Waals surface area contributed by atoms with Gasteiger partial charge in [0.25, 0.3) is 0 Å². The zero-order valence-corrected chi connectivity index (χ0v) is 13.3. The lowest BCUT2D eigenvalue weighted by Crippen LogP contribution is -2.17. The first-order valence-electron chi connectivity index (χ1n) is 6.76. The summed E-state index contributed by atoms with van der Waals surface area (Å²) >= 11 is 1.57. The maximum Gasteiger partial charge on any atom is 0.0477 e. The van der Waals surface area contributed by atoms with E-state index < -0.39 is 0 Å². The Labute approximate surface area is 122 Å². The van der Waals surface area contributed by atoms with Crippen LogP contribution in [0.1, 0.15) is 40.0 Å². The van der Waals surface area contributed by atoms with Crippen molar-refractivity contribution in [3.05, 3.63) is 46.4 Å². The quantitative estimate of drug-likeness (QED) is 0.583. The fraction of sp³-hybridized carbons (Fsp3) is 0.500. The number of thioether (sulfide) groups is 1. The van der Waals surface area contributed by atoms with E-state index in [0.717, 1.165) is 30.0 Å². The molecule has 0 spiro atoms. The van der Waals surface area contributed by atoms with E-state index in [-0.39, 0.29) is 6.61 Å². The van der Waals surface area contributed by atoms with Crippen LogP contribution in [0, 0.1) is 0 Å². The molecule has 0 aliphatic heterocycles. The topological polar surface area (TPSA) is 32.3 Å². The molecule has 0 rings (SSSR count). The minimum atomic E-state index is 0.161. The van der Waals surface area contributed by atoms with Crippen LogP contribution in [-0.4, -0.2) is 18.3 Å². The Kier molecular flexibility index (Phi) is 10.4. The Balaban J connectivity index is 4.61. The second-order valence-corrected chi connectivity index (χ2v) is 5.39. The van der Waals surface area contributed by atoms with Gasteiger partial charge in [-0.15, -0.1) is 11.8 Å². The lowest BCUT2D eigenvalue weighted by molar-refractivity contribution is 0.301. The molecule has 0 radical (unpaired) electrons. The van der Waals surface area contributed by atoms with Gasteiger partial charge in [0, 0.05) is 30.2 Å². The summed E-state index contributed by atoms with van der Waals surface area (Å²) in [5.74, 6) is 0. The molecule has 0 aromatic heterocycles. The molecule has 0 fully saturated rings. The largest absolute Gasteiger partial charge is 0.396 e. The summed E-state index contributed by atoms with van der Waals surface area (Å²) in [4.78, 5) is 1.13. The average molecular weight is 281 g/mol. The van der Waals surface area contributed by atoms with Gasteiger partial charge in [0.2, 0.25) is 0 Å². The molecular formula is C16H27NOS. The molecule has 0 heterocycles. The minimum Gasteiger partial charge on any atom is -0.396 e. The summed E-state index contributed by atoms with van der Waals surface area (Å²) in [6.45, 7) is 15.0. The zero-order valence-electron chi connectivity index (χ0n) is 12.5. The van der Waals surface area contributed by atoms with Gasteiger partial charge >= 0.3 is 0 Å². The SMILES string of the molecule is C=CS/C(CCO)=C(/C)NC/C(=C/C)C(=C)CCC. The zero-order chi connectivity index (χ0) is 14.7. The molecule has 0 aromatic rings. The maximum atomic E-state index is 9.06. The highest BCUT2D eigenvalue weighted by molar-refractivity contribution is 8.05. The van der Waals surface area contributed by atoms with Gasteiger partial charge in [0.05, 0.1) is 0 Å². The first-order chi connectivity index (χ1) is 9.10. The van der Waals surface area contributed by atoms with E-state index in [1.54, 1.807) is 17.2 Å². The number of nitrogens with one attached hydrogen (secondary N) is 1. The molecule has 0 aromatic carbocycles. The summed E-state index contributed by atoms with van der Waals surface area (Å²) < 4.78 is 0. The van der Waals surface area contributed by atoms with E-state index in [1.807, 2.05) is 13.8 Å². The molecular weight excluding hydrogens is 254 g/mol. The van der Waals surface area contributed by atoms with Crippen molar-refractivity contribution in [2.24, 2.45) is 0 Å². The fourth-order valence-electron chi connectivity index (χ4n) is 1.76. The predicted octanol–water partition coefficient (Wildman–Crippen LogP) is 4.37. The predicted molar refractivity (Wildman–Crippen MR) is 88.0 cm³/mol. The highest BCUT2D eigenvalue weighted by Gasteiger charge is 2.04. The van der Waals surface area contributed by atoms with E-state index in [1.165, 1.54) is 11.1 Å². The van der Waals surface area contributed by atoms with E-state index in [4.69, 9.17) is 5.11 Å². The van der Waals surface area contributed by atoms with Gasteiger partial charge < -0.3 is 10.4 Å². The number of aliphatic hydroxyl groups is 1. The molecule has 19 heavy (non-hydrogen) atoms. The van der Waals surface area contributed by atoms with Gasteiger partial charge in [-0.3, -0.25) is 0 Å². The molecule has 0 aliphatic rings. The number of rotatable bonds is 10. The highest BCUT2D eigenvalue weighted by Crippen LogP contribution is 2.23. The molecule has 108 valence electrons. The van der Waals surface area contributed by atoms with Gasteiger partial charge in [-0.1, -0.05) is 38.2 Å². The van der Waals surface area contributed by atoms with Gasteiger partial charge in [0.15, 0.2) is 0 Å². The van der Waals surface area contributed by atoms with Crippen LogP contribution in [0.15, 0.2) is 46.4 Å². The van der Waals surface area contributed by atoms with Crippen molar-refractivity contribution in [1.29, 1.82) is 0 Å². The number of hydrogen-bond acceptors (Lipinski definition) is 3. The van der Waals surface area contributed by atoms with Crippen molar-refractivity contribution in [1.82, 2.24) is 5.32 Å². The number of allylic oxidation sites excluding steroid dienone is 2. The Morgan fingerprint density at radius 1 is 1.37 bits per heavy atom. The Morgan fingerprint density at radius 2 is 2.05 bits per heavy atom. The van der Waals surface area contributed by atoms with Crippen LogP contribution in [-0.2, 0) is 0 Å². The van der Waals surface area contributed by atoms with E-state index in [0.29, 0.717) is 6.42 Å². The maximum absolute atomic E-state index is 9.06. The second-order valence-electron chi connectivity index (χ2n) is 4.33. The Morgan fingerprint density at radius 3 is 2.53 bits per heavy atom. The summed E-state index contributed by atoms with van der Waals surface area (Å²) in [6.07, 6.45) is 4.93. The first-order valence-corrected chi connectivity index (χ1v) is 7.63. The smallest absolute Gasteiger partial charge is 0.0477 e. The molecule has 0 amide bonds. The summed E-state index contributed by atoms with van der Waals surface area (Å²) in [5.41, 5.74) is 3.56. The van der Waals surface area contributed by atoms with Crippen LogP contribution in [0.2, 0.25) is 0 Å². The molecule has 3 heteroatoms.